The summed E-state index contributed by atoms with van der Waals surface area (Å²) in [6, 6.07) is 9.54. The van der Waals surface area contributed by atoms with Crippen LogP contribution in [0, 0.1) is 11.8 Å². The van der Waals surface area contributed by atoms with Crippen LogP contribution in [0.3, 0.4) is 0 Å². The maximum atomic E-state index is 13.9. The number of halogens is 3. The number of anilines is 2. The van der Waals surface area contributed by atoms with Crippen LogP contribution in [0.25, 0.3) is 0 Å². The van der Waals surface area contributed by atoms with Gasteiger partial charge in [0, 0.05) is 17.3 Å². The Balaban J connectivity index is 1.53. The first kappa shape index (κ1) is 21.3. The van der Waals surface area contributed by atoms with Crippen molar-refractivity contribution in [2.45, 2.75) is 43.9 Å². The summed E-state index contributed by atoms with van der Waals surface area (Å²) in [5, 5.41) is 2.98. The van der Waals surface area contributed by atoms with Crippen LogP contribution < -0.4 is 10.2 Å². The van der Waals surface area contributed by atoms with Gasteiger partial charge in [-0.1, -0.05) is 31.2 Å². The Bertz CT molecular complexity index is 1260. The van der Waals surface area contributed by atoms with Gasteiger partial charge < -0.3 is 5.32 Å². The second kappa shape index (κ2) is 6.91. The number of carbonyl (C=O) groups is 3. The minimum Gasteiger partial charge on any atom is -0.324 e. The molecule has 0 aliphatic carbocycles. The van der Waals surface area contributed by atoms with Crippen LogP contribution in [0.15, 0.2) is 42.5 Å². The summed E-state index contributed by atoms with van der Waals surface area (Å²) < 4.78 is 40.0. The Morgan fingerprint density at radius 1 is 1.09 bits per heavy atom. The number of hydrogen-bond acceptors (Lipinski definition) is 4. The molecular weight excluding hydrogens is 447 g/mol. The van der Waals surface area contributed by atoms with Crippen molar-refractivity contribution in [2.75, 3.05) is 16.8 Å². The van der Waals surface area contributed by atoms with E-state index < -0.39 is 40.9 Å². The summed E-state index contributed by atoms with van der Waals surface area (Å²) in [6.45, 7) is 2.55. The number of amides is 3. The standard InChI is InChI=1S/C25H22F3N3O3/c1-2-13-6-3-9-16-20(13)29-23(34)24(16)19-18(17-10-5-11-30(17)24)21(32)31(22(19)33)15-8-4-7-14(12-15)25(26,27)28/h3-4,6-9,12,17-19H,2,5,10-11H2,1H3,(H,29,34). The molecule has 34 heavy (non-hydrogen) atoms. The summed E-state index contributed by atoms with van der Waals surface area (Å²) in [5.74, 6) is -3.26. The molecule has 0 aromatic heterocycles. The summed E-state index contributed by atoms with van der Waals surface area (Å²) in [6.07, 6.45) is -2.51. The lowest BCUT2D eigenvalue weighted by atomic mass is 9.75. The Morgan fingerprint density at radius 2 is 1.85 bits per heavy atom. The fraction of sp³-hybridized carbons (Fsp3) is 0.400. The molecule has 2 aromatic carbocycles. The van der Waals surface area contributed by atoms with Crippen molar-refractivity contribution in [3.63, 3.8) is 0 Å². The first-order valence-electron chi connectivity index (χ1n) is 11.5. The molecule has 4 aliphatic heterocycles. The molecule has 4 unspecified atom stereocenters. The molecule has 4 aliphatic rings. The van der Waals surface area contributed by atoms with Gasteiger partial charge in [-0.15, -0.1) is 0 Å². The molecule has 1 N–H and O–H groups in total. The van der Waals surface area contributed by atoms with Crippen molar-refractivity contribution in [3.05, 3.63) is 59.2 Å². The highest BCUT2D eigenvalue weighted by atomic mass is 19.4. The minimum absolute atomic E-state index is 0.111. The summed E-state index contributed by atoms with van der Waals surface area (Å²) >= 11 is 0. The monoisotopic (exact) mass is 469 g/mol. The SMILES string of the molecule is CCc1cccc2c1NC(=O)C21C2C(=O)N(c3cccc(C(F)(F)F)c3)C(=O)C2C2CCCN21. The van der Waals surface area contributed by atoms with Gasteiger partial charge in [-0.25, -0.2) is 4.90 Å². The predicted octanol–water partition coefficient (Wildman–Crippen LogP) is 3.70. The van der Waals surface area contributed by atoms with Crippen LogP contribution in [-0.4, -0.2) is 35.2 Å². The molecule has 0 radical (unpaired) electrons. The maximum absolute atomic E-state index is 13.9. The van der Waals surface area contributed by atoms with E-state index in [1.54, 1.807) is 0 Å². The van der Waals surface area contributed by atoms with Gasteiger partial charge in [0.15, 0.2) is 0 Å². The number of fused-ring (bicyclic) bond motifs is 7. The fourth-order valence-corrected chi connectivity index (χ4v) is 6.66. The molecule has 0 saturated carbocycles. The zero-order chi connectivity index (χ0) is 24.0. The van der Waals surface area contributed by atoms with Gasteiger partial charge in [-0.3, -0.25) is 19.3 Å². The number of para-hydroxylation sites is 1. The minimum atomic E-state index is -4.61. The van der Waals surface area contributed by atoms with Gasteiger partial charge in [0.1, 0.15) is 5.54 Å². The summed E-state index contributed by atoms with van der Waals surface area (Å²) in [7, 11) is 0. The number of benzene rings is 2. The third kappa shape index (κ3) is 2.48. The van der Waals surface area contributed by atoms with Crippen molar-refractivity contribution < 1.29 is 27.6 Å². The lowest BCUT2D eigenvalue weighted by Crippen LogP contribution is -2.54. The van der Waals surface area contributed by atoms with Crippen LogP contribution in [0.4, 0.5) is 24.5 Å². The largest absolute Gasteiger partial charge is 0.416 e. The molecule has 176 valence electrons. The topological polar surface area (TPSA) is 69.7 Å². The van der Waals surface area contributed by atoms with Crippen molar-refractivity contribution in [3.8, 4) is 0 Å². The number of rotatable bonds is 2. The van der Waals surface area contributed by atoms with E-state index in [1.807, 2.05) is 30.0 Å². The highest BCUT2D eigenvalue weighted by Gasteiger charge is 2.74. The van der Waals surface area contributed by atoms with Gasteiger partial charge >= 0.3 is 6.18 Å². The molecule has 0 bridgehead atoms. The van der Waals surface area contributed by atoms with E-state index in [9.17, 15) is 27.6 Å². The molecule has 1 spiro atoms. The average molecular weight is 469 g/mol. The lowest BCUT2D eigenvalue weighted by molar-refractivity contribution is -0.137. The third-order valence-corrected chi connectivity index (χ3v) is 7.93. The van der Waals surface area contributed by atoms with Crippen molar-refractivity contribution in [1.82, 2.24) is 4.90 Å². The molecule has 3 saturated heterocycles. The van der Waals surface area contributed by atoms with Crippen LogP contribution in [0.1, 0.15) is 36.5 Å². The molecule has 4 heterocycles. The molecule has 4 atom stereocenters. The van der Waals surface area contributed by atoms with Gasteiger partial charge in [0.05, 0.1) is 23.1 Å². The van der Waals surface area contributed by atoms with E-state index in [-0.39, 0.29) is 17.6 Å². The summed E-state index contributed by atoms with van der Waals surface area (Å²) in [4.78, 5) is 44.1. The quantitative estimate of drug-likeness (QED) is 0.682. The van der Waals surface area contributed by atoms with Crippen LogP contribution in [0.2, 0.25) is 0 Å². The second-order valence-electron chi connectivity index (χ2n) is 9.38. The van der Waals surface area contributed by atoms with E-state index in [4.69, 9.17) is 0 Å². The van der Waals surface area contributed by atoms with Crippen molar-refractivity contribution in [2.24, 2.45) is 11.8 Å². The number of nitrogens with one attached hydrogen (secondary N) is 1. The number of nitrogens with zero attached hydrogens (tertiary/aromatic N) is 2. The first-order chi connectivity index (χ1) is 16.2. The fourth-order valence-electron chi connectivity index (χ4n) is 6.66. The van der Waals surface area contributed by atoms with E-state index in [0.717, 1.165) is 29.0 Å². The van der Waals surface area contributed by atoms with E-state index >= 15 is 0 Å². The second-order valence-corrected chi connectivity index (χ2v) is 9.38. The molecule has 2 aromatic rings. The highest BCUT2D eigenvalue weighted by Crippen LogP contribution is 2.61. The van der Waals surface area contributed by atoms with Crippen LogP contribution in [0.5, 0.6) is 0 Å². The smallest absolute Gasteiger partial charge is 0.324 e. The van der Waals surface area contributed by atoms with Crippen molar-refractivity contribution >= 4 is 29.1 Å². The molecular formula is C25H22F3N3O3. The third-order valence-electron chi connectivity index (χ3n) is 7.93. The molecule has 9 heteroatoms. The summed E-state index contributed by atoms with van der Waals surface area (Å²) in [5.41, 5.74) is -0.0813. The number of imide groups is 1. The van der Waals surface area contributed by atoms with Gasteiger partial charge in [-0.05, 0) is 49.6 Å². The molecule has 6 nitrogen and oxygen atoms in total. The van der Waals surface area contributed by atoms with E-state index in [2.05, 4.69) is 5.32 Å². The maximum Gasteiger partial charge on any atom is 0.416 e. The predicted molar refractivity (Wildman–Crippen MR) is 117 cm³/mol. The zero-order valence-electron chi connectivity index (χ0n) is 18.4. The first-order valence-corrected chi connectivity index (χ1v) is 11.5. The van der Waals surface area contributed by atoms with E-state index in [0.29, 0.717) is 30.6 Å². The van der Waals surface area contributed by atoms with Crippen LogP contribution >= 0.6 is 0 Å². The average Bonchev–Trinajstić information content (AvgIpc) is 3.51. The van der Waals surface area contributed by atoms with Gasteiger partial charge in [0.2, 0.25) is 17.7 Å². The van der Waals surface area contributed by atoms with E-state index in [1.165, 1.54) is 12.1 Å². The Hall–Kier alpha value is -3.20. The number of alkyl halides is 3. The Labute approximate surface area is 193 Å². The number of aryl methyl sites for hydroxylation is 1. The number of hydrogen-bond donors (Lipinski definition) is 1. The Morgan fingerprint density at radius 3 is 2.59 bits per heavy atom. The van der Waals surface area contributed by atoms with Crippen LogP contribution in [-0.2, 0) is 32.5 Å². The number of carbonyl (C=O) groups excluding carboxylic acids is 3. The molecule has 3 fully saturated rings. The van der Waals surface area contributed by atoms with Gasteiger partial charge in [-0.2, -0.15) is 13.2 Å². The van der Waals surface area contributed by atoms with Gasteiger partial charge in [0.25, 0.3) is 0 Å². The highest BCUT2D eigenvalue weighted by molar-refractivity contribution is 6.26. The zero-order valence-corrected chi connectivity index (χ0v) is 18.4. The van der Waals surface area contributed by atoms with Crippen molar-refractivity contribution in [1.29, 1.82) is 0 Å². The molecule has 6 rings (SSSR count). The Kier molecular flexibility index (Phi) is 4.34. The normalized spacial score (nSPS) is 30.2. The molecule has 3 amide bonds. The lowest BCUT2D eigenvalue weighted by Gasteiger charge is -2.36.